The van der Waals surface area contributed by atoms with Gasteiger partial charge in [-0.15, -0.1) is 11.3 Å². The zero-order chi connectivity index (χ0) is 22.3. The van der Waals surface area contributed by atoms with E-state index in [1.165, 1.54) is 16.9 Å². The van der Waals surface area contributed by atoms with Gasteiger partial charge in [-0.1, -0.05) is 43.3 Å². The highest BCUT2D eigenvalue weighted by atomic mass is 32.2. The fraction of sp³-hybridized carbons (Fsp3) is 0.522. The summed E-state index contributed by atoms with van der Waals surface area (Å²) >= 11 is 1.25. The topological polar surface area (TPSA) is 69.7 Å². The van der Waals surface area contributed by atoms with Crippen LogP contribution in [0.25, 0.3) is 0 Å². The Balaban J connectivity index is 1.36. The Labute approximate surface area is 190 Å². The van der Waals surface area contributed by atoms with E-state index in [1.54, 1.807) is 21.8 Å². The summed E-state index contributed by atoms with van der Waals surface area (Å²) in [5.74, 6) is 0.189. The van der Waals surface area contributed by atoms with Gasteiger partial charge in [-0.05, 0) is 55.8 Å². The van der Waals surface area contributed by atoms with Crippen LogP contribution in [0.2, 0.25) is 0 Å². The second kappa shape index (κ2) is 11.2. The third-order valence-corrected chi connectivity index (χ3v) is 9.29. The molecule has 31 heavy (non-hydrogen) atoms. The maximum Gasteiger partial charge on any atom is 0.252 e. The van der Waals surface area contributed by atoms with Gasteiger partial charge < -0.3 is 10.2 Å². The number of amides is 1. The van der Waals surface area contributed by atoms with Gasteiger partial charge in [0.1, 0.15) is 4.21 Å². The van der Waals surface area contributed by atoms with Gasteiger partial charge >= 0.3 is 0 Å². The fourth-order valence-electron chi connectivity index (χ4n) is 4.06. The van der Waals surface area contributed by atoms with Crippen molar-refractivity contribution in [2.45, 2.75) is 36.9 Å². The summed E-state index contributed by atoms with van der Waals surface area (Å²) in [5.41, 5.74) is 1.29. The molecule has 1 saturated heterocycles. The van der Waals surface area contributed by atoms with Crippen LogP contribution in [-0.2, 0) is 21.4 Å². The molecule has 0 bridgehead atoms. The number of thiophene rings is 1. The third-order valence-electron chi connectivity index (χ3n) is 6.02. The molecule has 1 fully saturated rings. The lowest BCUT2D eigenvalue weighted by Gasteiger charge is -2.33. The maximum atomic E-state index is 12.7. The summed E-state index contributed by atoms with van der Waals surface area (Å²) in [5, 5.41) is 4.85. The number of hydrogen-bond donors (Lipinski definition) is 1. The standard InChI is InChI=1S/C23H33N3O3S2/c1-19(21-11-15-26(16-12-21)31(28,29)22-10-6-17-30-22)23(27)24-13-7-14-25(2)18-20-8-4-3-5-9-20/h3-6,8-10,17,19,21H,7,11-16,18H2,1-2H3,(H,24,27). The van der Waals surface area contributed by atoms with Crippen molar-refractivity contribution in [3.63, 3.8) is 0 Å². The number of carbonyl (C=O) groups excluding carboxylic acids is 1. The van der Waals surface area contributed by atoms with Gasteiger partial charge in [0.25, 0.3) is 10.0 Å². The Morgan fingerprint density at radius 1 is 1.19 bits per heavy atom. The van der Waals surface area contributed by atoms with Crippen molar-refractivity contribution in [3.8, 4) is 0 Å². The Bertz CT molecular complexity index is 909. The minimum atomic E-state index is -3.39. The Hall–Kier alpha value is -1.74. The smallest absolute Gasteiger partial charge is 0.252 e. The van der Waals surface area contributed by atoms with Crippen LogP contribution in [0.4, 0.5) is 0 Å². The molecule has 170 valence electrons. The number of benzene rings is 1. The SMILES string of the molecule is CC(C(=O)NCCCN(C)Cc1ccccc1)C1CCN(S(=O)(=O)c2cccs2)CC1. The minimum absolute atomic E-state index is 0.0743. The average Bonchev–Trinajstić information content (AvgIpc) is 3.33. The lowest BCUT2D eigenvalue weighted by Crippen LogP contribution is -2.42. The number of rotatable bonds is 10. The molecule has 2 aromatic rings. The van der Waals surface area contributed by atoms with Crippen molar-refractivity contribution >= 4 is 27.3 Å². The lowest BCUT2D eigenvalue weighted by atomic mass is 9.85. The van der Waals surface area contributed by atoms with Gasteiger partial charge in [-0.2, -0.15) is 4.31 Å². The van der Waals surface area contributed by atoms with E-state index in [2.05, 4.69) is 29.4 Å². The fourth-order valence-corrected chi connectivity index (χ4v) is 6.68. The molecular formula is C23H33N3O3S2. The first-order valence-electron chi connectivity index (χ1n) is 10.9. The molecule has 1 atom stereocenters. The van der Waals surface area contributed by atoms with Crippen LogP contribution >= 0.6 is 11.3 Å². The molecule has 0 saturated carbocycles. The van der Waals surface area contributed by atoms with E-state index in [0.717, 1.165) is 32.4 Å². The van der Waals surface area contributed by atoms with Crippen LogP contribution < -0.4 is 5.32 Å². The number of hydrogen-bond acceptors (Lipinski definition) is 5. The first kappa shape index (κ1) is 23.9. The highest BCUT2D eigenvalue weighted by Gasteiger charge is 2.33. The second-order valence-electron chi connectivity index (χ2n) is 8.33. The van der Waals surface area contributed by atoms with E-state index in [1.807, 2.05) is 25.1 Å². The molecule has 0 spiro atoms. The number of piperidine rings is 1. The van der Waals surface area contributed by atoms with Crippen LogP contribution in [-0.4, -0.2) is 56.8 Å². The van der Waals surface area contributed by atoms with E-state index in [0.29, 0.717) is 23.8 Å². The highest BCUT2D eigenvalue weighted by molar-refractivity contribution is 7.91. The van der Waals surface area contributed by atoms with Crippen LogP contribution in [0.3, 0.4) is 0 Å². The summed E-state index contributed by atoms with van der Waals surface area (Å²) in [6.07, 6.45) is 2.34. The van der Waals surface area contributed by atoms with Gasteiger partial charge in [0.15, 0.2) is 0 Å². The molecule has 1 aliphatic rings. The van der Waals surface area contributed by atoms with E-state index in [-0.39, 0.29) is 17.7 Å². The van der Waals surface area contributed by atoms with Gasteiger partial charge in [0.05, 0.1) is 0 Å². The van der Waals surface area contributed by atoms with E-state index >= 15 is 0 Å². The second-order valence-corrected chi connectivity index (χ2v) is 11.4. The molecular weight excluding hydrogens is 430 g/mol. The Kier molecular flexibility index (Phi) is 8.66. The van der Waals surface area contributed by atoms with E-state index in [9.17, 15) is 13.2 Å². The molecule has 1 unspecified atom stereocenters. The highest BCUT2D eigenvalue weighted by Crippen LogP contribution is 2.29. The molecule has 1 aliphatic heterocycles. The lowest BCUT2D eigenvalue weighted by molar-refractivity contribution is -0.126. The largest absolute Gasteiger partial charge is 0.356 e. The maximum absolute atomic E-state index is 12.7. The molecule has 0 radical (unpaired) electrons. The number of nitrogens with zero attached hydrogens (tertiary/aromatic N) is 2. The summed E-state index contributed by atoms with van der Waals surface area (Å²) in [7, 11) is -1.30. The van der Waals surface area contributed by atoms with Gasteiger partial charge in [-0.25, -0.2) is 8.42 Å². The van der Waals surface area contributed by atoms with Crippen molar-refractivity contribution in [2.24, 2.45) is 11.8 Å². The predicted octanol–water partition coefficient (Wildman–Crippen LogP) is 3.42. The summed E-state index contributed by atoms with van der Waals surface area (Å²) in [4.78, 5) is 14.8. The van der Waals surface area contributed by atoms with Crippen LogP contribution in [0.5, 0.6) is 0 Å². The molecule has 1 N–H and O–H groups in total. The zero-order valence-electron chi connectivity index (χ0n) is 18.4. The van der Waals surface area contributed by atoms with Crippen molar-refractivity contribution in [2.75, 3.05) is 33.2 Å². The zero-order valence-corrected chi connectivity index (χ0v) is 20.0. The monoisotopic (exact) mass is 463 g/mol. The Morgan fingerprint density at radius 2 is 1.90 bits per heavy atom. The summed E-state index contributed by atoms with van der Waals surface area (Å²) in [6, 6.07) is 13.8. The quantitative estimate of drug-likeness (QED) is 0.548. The molecule has 1 amide bonds. The van der Waals surface area contributed by atoms with Crippen molar-refractivity contribution in [1.29, 1.82) is 0 Å². The molecule has 1 aromatic carbocycles. The minimum Gasteiger partial charge on any atom is -0.356 e. The molecule has 2 heterocycles. The first-order valence-corrected chi connectivity index (χ1v) is 13.2. The molecule has 0 aliphatic carbocycles. The number of carbonyl (C=O) groups is 1. The van der Waals surface area contributed by atoms with Gasteiger partial charge in [0, 0.05) is 32.1 Å². The molecule has 3 rings (SSSR count). The van der Waals surface area contributed by atoms with E-state index < -0.39 is 10.0 Å². The van der Waals surface area contributed by atoms with Crippen LogP contribution in [0.15, 0.2) is 52.1 Å². The first-order chi connectivity index (χ1) is 14.9. The van der Waals surface area contributed by atoms with Crippen LogP contribution in [0, 0.1) is 11.8 Å². The molecule has 1 aromatic heterocycles. The molecule has 6 nitrogen and oxygen atoms in total. The summed E-state index contributed by atoms with van der Waals surface area (Å²) < 4.78 is 27.3. The van der Waals surface area contributed by atoms with Crippen LogP contribution in [0.1, 0.15) is 31.7 Å². The molecule has 8 heteroatoms. The van der Waals surface area contributed by atoms with Gasteiger partial charge in [0.2, 0.25) is 5.91 Å². The Morgan fingerprint density at radius 3 is 2.55 bits per heavy atom. The predicted molar refractivity (Wildman–Crippen MR) is 125 cm³/mol. The average molecular weight is 464 g/mol. The number of sulfonamides is 1. The van der Waals surface area contributed by atoms with Crippen molar-refractivity contribution in [1.82, 2.24) is 14.5 Å². The summed E-state index contributed by atoms with van der Waals surface area (Å²) in [6.45, 7) is 5.40. The third kappa shape index (κ3) is 6.62. The van der Waals surface area contributed by atoms with Crippen molar-refractivity contribution in [3.05, 3.63) is 53.4 Å². The number of nitrogens with one attached hydrogen (secondary N) is 1. The normalized spacial score (nSPS) is 17.0. The van der Waals surface area contributed by atoms with Gasteiger partial charge in [-0.3, -0.25) is 4.79 Å². The van der Waals surface area contributed by atoms with E-state index in [4.69, 9.17) is 0 Å². The van der Waals surface area contributed by atoms with Crippen molar-refractivity contribution < 1.29 is 13.2 Å².